The van der Waals surface area contributed by atoms with E-state index in [9.17, 15) is 9.59 Å². The smallest absolute Gasteiger partial charge is 0.242 e. The maximum Gasteiger partial charge on any atom is 0.242 e. The van der Waals surface area contributed by atoms with E-state index in [2.05, 4.69) is 12.2 Å². The van der Waals surface area contributed by atoms with Crippen LogP contribution >= 0.6 is 0 Å². The maximum atomic E-state index is 12.2. The molecule has 0 aromatic heterocycles. The first-order chi connectivity index (χ1) is 8.70. The fraction of sp³-hybridized carbons (Fsp3) is 0.846. The van der Waals surface area contributed by atoms with Gasteiger partial charge in [0.15, 0.2) is 0 Å². The highest BCUT2D eigenvalue weighted by molar-refractivity contribution is 5.86. The molecular weight excluding hydrogens is 230 g/mol. The van der Waals surface area contributed by atoms with Crippen molar-refractivity contribution in [2.24, 2.45) is 5.92 Å². The third-order valence-electron chi connectivity index (χ3n) is 3.96. The quantitative estimate of drug-likeness (QED) is 0.774. The van der Waals surface area contributed by atoms with Gasteiger partial charge < -0.3 is 15.1 Å². The highest BCUT2D eigenvalue weighted by Crippen LogP contribution is 2.19. The number of rotatable bonds is 3. The van der Waals surface area contributed by atoms with Crippen LogP contribution in [0, 0.1) is 5.92 Å². The molecule has 0 unspecified atom stereocenters. The summed E-state index contributed by atoms with van der Waals surface area (Å²) in [6.07, 6.45) is 3.46. The summed E-state index contributed by atoms with van der Waals surface area (Å²) in [4.78, 5) is 27.4. The van der Waals surface area contributed by atoms with Crippen molar-refractivity contribution in [1.29, 1.82) is 0 Å². The summed E-state index contributed by atoms with van der Waals surface area (Å²) in [5.74, 6) is 0.795. The van der Waals surface area contributed by atoms with Crippen LogP contribution in [0.2, 0.25) is 0 Å². The first kappa shape index (κ1) is 13.3. The molecule has 18 heavy (non-hydrogen) atoms. The molecular formula is C13H23N3O2. The number of hydrogen-bond donors (Lipinski definition) is 1. The zero-order valence-corrected chi connectivity index (χ0v) is 11.2. The number of likely N-dealkylation sites (tertiary alicyclic amines) is 1. The van der Waals surface area contributed by atoms with E-state index in [-0.39, 0.29) is 18.4 Å². The van der Waals surface area contributed by atoms with Crippen LogP contribution in [0.25, 0.3) is 0 Å². The zero-order valence-electron chi connectivity index (χ0n) is 11.2. The Hall–Kier alpha value is -1.10. The molecule has 5 nitrogen and oxygen atoms in total. The molecule has 2 rings (SSSR count). The fourth-order valence-electron chi connectivity index (χ4n) is 2.70. The number of amides is 2. The van der Waals surface area contributed by atoms with E-state index >= 15 is 0 Å². The average molecular weight is 253 g/mol. The van der Waals surface area contributed by atoms with Gasteiger partial charge in [0.1, 0.15) is 0 Å². The van der Waals surface area contributed by atoms with E-state index in [1.54, 1.807) is 4.90 Å². The topological polar surface area (TPSA) is 52.7 Å². The molecule has 1 N–H and O–H groups in total. The van der Waals surface area contributed by atoms with E-state index in [1.165, 1.54) is 6.42 Å². The molecule has 2 aliphatic heterocycles. The summed E-state index contributed by atoms with van der Waals surface area (Å²) in [6.45, 7) is 5.97. The lowest BCUT2D eigenvalue weighted by molar-refractivity contribution is -0.142. The second-order valence-electron chi connectivity index (χ2n) is 5.25. The Morgan fingerprint density at radius 3 is 3.00 bits per heavy atom. The van der Waals surface area contributed by atoms with Gasteiger partial charge in [0, 0.05) is 26.2 Å². The van der Waals surface area contributed by atoms with Gasteiger partial charge in [0.2, 0.25) is 11.8 Å². The molecule has 102 valence electrons. The molecule has 5 heteroatoms. The third-order valence-corrected chi connectivity index (χ3v) is 3.96. The fourth-order valence-corrected chi connectivity index (χ4v) is 2.70. The van der Waals surface area contributed by atoms with Crippen LogP contribution in [0.15, 0.2) is 0 Å². The minimum atomic E-state index is 0.0404. The van der Waals surface area contributed by atoms with Gasteiger partial charge in [-0.3, -0.25) is 9.59 Å². The molecule has 0 aromatic rings. The predicted molar refractivity (Wildman–Crippen MR) is 69.0 cm³/mol. The van der Waals surface area contributed by atoms with E-state index in [1.807, 2.05) is 4.90 Å². The van der Waals surface area contributed by atoms with Crippen molar-refractivity contribution in [3.8, 4) is 0 Å². The molecule has 2 heterocycles. The molecule has 0 bridgehead atoms. The van der Waals surface area contributed by atoms with Crippen molar-refractivity contribution < 1.29 is 9.59 Å². The summed E-state index contributed by atoms with van der Waals surface area (Å²) < 4.78 is 0. The van der Waals surface area contributed by atoms with Gasteiger partial charge in [0.05, 0.1) is 13.1 Å². The molecule has 2 aliphatic rings. The molecule has 0 aliphatic carbocycles. The molecule has 0 saturated carbocycles. The number of carbonyl (C=O) groups excluding carboxylic acids is 2. The average Bonchev–Trinajstić information content (AvgIpc) is 2.41. The van der Waals surface area contributed by atoms with Crippen LogP contribution in [-0.2, 0) is 9.59 Å². The number of nitrogens with one attached hydrogen (secondary N) is 1. The largest absolute Gasteiger partial charge is 0.341 e. The second-order valence-corrected chi connectivity index (χ2v) is 5.25. The van der Waals surface area contributed by atoms with Crippen molar-refractivity contribution in [3.63, 3.8) is 0 Å². The standard InChI is InChI=1S/C13H23N3O2/c1-2-11-4-3-6-15(9-11)13(18)10-16-7-5-14-8-12(16)17/h11,14H,2-10H2,1H3/t11-/m0/s1. The summed E-state index contributed by atoms with van der Waals surface area (Å²) in [5.41, 5.74) is 0. The number of carbonyl (C=O) groups is 2. The molecule has 1 atom stereocenters. The first-order valence-electron chi connectivity index (χ1n) is 6.97. The Balaban J connectivity index is 1.85. The summed E-state index contributed by atoms with van der Waals surface area (Å²) in [5, 5.41) is 3.02. The Morgan fingerprint density at radius 2 is 2.28 bits per heavy atom. The minimum absolute atomic E-state index is 0.0404. The van der Waals surface area contributed by atoms with E-state index in [4.69, 9.17) is 0 Å². The Kier molecular flexibility index (Phi) is 4.58. The molecule has 2 saturated heterocycles. The van der Waals surface area contributed by atoms with Crippen LogP contribution in [0.3, 0.4) is 0 Å². The van der Waals surface area contributed by atoms with E-state index < -0.39 is 0 Å². The number of piperidine rings is 1. The monoisotopic (exact) mass is 253 g/mol. The lowest BCUT2D eigenvalue weighted by atomic mass is 9.95. The number of piperazine rings is 1. The number of hydrogen-bond acceptors (Lipinski definition) is 3. The second kappa shape index (κ2) is 6.18. The predicted octanol–water partition coefficient (Wildman–Crippen LogP) is 0.0668. The Morgan fingerprint density at radius 1 is 1.44 bits per heavy atom. The van der Waals surface area contributed by atoms with Crippen LogP contribution < -0.4 is 5.32 Å². The van der Waals surface area contributed by atoms with Crippen LogP contribution in [0.1, 0.15) is 26.2 Å². The van der Waals surface area contributed by atoms with Crippen LogP contribution in [0.4, 0.5) is 0 Å². The van der Waals surface area contributed by atoms with E-state index in [0.29, 0.717) is 19.0 Å². The summed E-state index contributed by atoms with van der Waals surface area (Å²) >= 11 is 0. The van der Waals surface area contributed by atoms with Crippen molar-refractivity contribution in [3.05, 3.63) is 0 Å². The van der Waals surface area contributed by atoms with Gasteiger partial charge in [-0.25, -0.2) is 0 Å². The van der Waals surface area contributed by atoms with Crippen LogP contribution in [-0.4, -0.2) is 60.9 Å². The Labute approximate surface area is 108 Å². The zero-order chi connectivity index (χ0) is 13.0. The highest BCUT2D eigenvalue weighted by Gasteiger charge is 2.26. The Bertz CT molecular complexity index is 319. The van der Waals surface area contributed by atoms with Crippen LogP contribution in [0.5, 0.6) is 0 Å². The normalized spacial score (nSPS) is 25.4. The van der Waals surface area contributed by atoms with Gasteiger partial charge in [0.25, 0.3) is 0 Å². The summed E-state index contributed by atoms with van der Waals surface area (Å²) in [7, 11) is 0. The lowest BCUT2D eigenvalue weighted by Gasteiger charge is -2.34. The third kappa shape index (κ3) is 3.22. The lowest BCUT2D eigenvalue weighted by Crippen LogP contribution is -2.52. The van der Waals surface area contributed by atoms with Gasteiger partial charge in [-0.05, 0) is 18.8 Å². The van der Waals surface area contributed by atoms with Crippen molar-refractivity contribution in [1.82, 2.24) is 15.1 Å². The number of nitrogens with zero attached hydrogens (tertiary/aromatic N) is 2. The van der Waals surface area contributed by atoms with Gasteiger partial charge in [-0.15, -0.1) is 0 Å². The molecule has 2 amide bonds. The molecule has 2 fully saturated rings. The van der Waals surface area contributed by atoms with Gasteiger partial charge >= 0.3 is 0 Å². The van der Waals surface area contributed by atoms with Crippen molar-refractivity contribution in [2.45, 2.75) is 26.2 Å². The van der Waals surface area contributed by atoms with Crippen molar-refractivity contribution >= 4 is 11.8 Å². The molecule has 0 spiro atoms. The SMILES string of the molecule is CC[C@H]1CCCN(C(=O)CN2CCNCC2=O)C1. The highest BCUT2D eigenvalue weighted by atomic mass is 16.2. The van der Waals surface area contributed by atoms with E-state index in [0.717, 1.165) is 32.5 Å². The summed E-state index contributed by atoms with van der Waals surface area (Å²) in [6, 6.07) is 0. The first-order valence-corrected chi connectivity index (χ1v) is 6.97. The van der Waals surface area contributed by atoms with Crippen molar-refractivity contribution in [2.75, 3.05) is 39.3 Å². The maximum absolute atomic E-state index is 12.2. The molecule has 0 radical (unpaired) electrons. The molecule has 0 aromatic carbocycles. The minimum Gasteiger partial charge on any atom is -0.341 e. The van der Waals surface area contributed by atoms with Gasteiger partial charge in [-0.2, -0.15) is 0 Å². The van der Waals surface area contributed by atoms with Gasteiger partial charge in [-0.1, -0.05) is 13.3 Å².